The lowest BCUT2D eigenvalue weighted by Crippen LogP contribution is -2.51. The Balaban J connectivity index is 1.81. The molecule has 3 heteroatoms. The lowest BCUT2D eigenvalue weighted by Gasteiger charge is -2.47. The van der Waals surface area contributed by atoms with Gasteiger partial charge in [-0.2, -0.15) is 0 Å². The fourth-order valence-electron chi connectivity index (χ4n) is 4.86. The lowest BCUT2D eigenvalue weighted by molar-refractivity contribution is 0.214. The molecule has 0 radical (unpaired) electrons. The Kier molecular flexibility index (Phi) is 4.34. The number of aryl methyl sites for hydroxylation is 2. The molecule has 2 aromatic rings. The van der Waals surface area contributed by atoms with E-state index in [9.17, 15) is 5.21 Å². The minimum absolute atomic E-state index is 0.202. The minimum Gasteiger partial charge on any atom is -0.411 e. The van der Waals surface area contributed by atoms with Gasteiger partial charge in [-0.1, -0.05) is 60.1 Å². The van der Waals surface area contributed by atoms with E-state index in [-0.39, 0.29) is 23.9 Å². The van der Waals surface area contributed by atoms with Crippen LogP contribution in [0.4, 0.5) is 0 Å². The van der Waals surface area contributed by atoms with Crippen molar-refractivity contribution >= 4 is 5.71 Å². The molecule has 130 valence electrons. The van der Waals surface area contributed by atoms with Gasteiger partial charge in [-0.25, -0.2) is 0 Å². The van der Waals surface area contributed by atoms with Crippen LogP contribution >= 0.6 is 0 Å². The van der Waals surface area contributed by atoms with Gasteiger partial charge in [0.05, 0.1) is 5.71 Å². The van der Waals surface area contributed by atoms with Crippen LogP contribution in [0.1, 0.15) is 53.6 Å². The Hall–Kier alpha value is -2.13. The molecule has 4 rings (SSSR count). The van der Waals surface area contributed by atoms with E-state index in [1.165, 1.54) is 28.7 Å². The molecule has 1 saturated carbocycles. The fourth-order valence-corrected chi connectivity index (χ4v) is 4.86. The number of oxime groups is 1. The van der Waals surface area contributed by atoms with E-state index in [2.05, 4.69) is 72.9 Å². The van der Waals surface area contributed by atoms with Crippen LogP contribution in [0, 0.1) is 25.7 Å². The van der Waals surface area contributed by atoms with Crippen LogP contribution in [0.3, 0.4) is 0 Å². The van der Waals surface area contributed by atoms with E-state index >= 15 is 0 Å². The number of piperidine rings is 1. The normalized spacial score (nSPS) is 28.6. The van der Waals surface area contributed by atoms with Gasteiger partial charge >= 0.3 is 0 Å². The number of fused-ring (bicyclic) bond motifs is 2. The summed E-state index contributed by atoms with van der Waals surface area (Å²) in [6.45, 7) is 4.34. The number of hydrogen-bond donors (Lipinski definition) is 2. The van der Waals surface area contributed by atoms with Gasteiger partial charge in [0.25, 0.3) is 0 Å². The number of nitrogens with zero attached hydrogens (tertiary/aromatic N) is 1. The molecule has 2 aliphatic rings. The lowest BCUT2D eigenvalue weighted by atomic mass is 9.66. The first-order chi connectivity index (χ1) is 12.2. The average molecular weight is 334 g/mol. The molecule has 1 saturated heterocycles. The zero-order valence-corrected chi connectivity index (χ0v) is 14.9. The van der Waals surface area contributed by atoms with Gasteiger partial charge in [-0.15, -0.1) is 0 Å². The zero-order chi connectivity index (χ0) is 17.4. The first kappa shape index (κ1) is 16.3. The first-order valence-electron chi connectivity index (χ1n) is 9.29. The molecular weight excluding hydrogens is 308 g/mol. The first-order valence-corrected chi connectivity index (χ1v) is 9.29. The number of benzene rings is 2. The van der Waals surface area contributed by atoms with Crippen LogP contribution < -0.4 is 5.32 Å². The molecule has 0 spiro atoms. The van der Waals surface area contributed by atoms with Crippen molar-refractivity contribution in [2.75, 3.05) is 0 Å². The minimum atomic E-state index is 0.202. The highest BCUT2D eigenvalue weighted by Gasteiger charge is 2.46. The van der Waals surface area contributed by atoms with E-state index < -0.39 is 0 Å². The molecule has 4 unspecified atom stereocenters. The molecule has 1 aliphatic heterocycles. The topological polar surface area (TPSA) is 44.6 Å². The molecule has 0 amide bonds. The molecule has 1 aliphatic carbocycles. The van der Waals surface area contributed by atoms with Crippen LogP contribution in [0.25, 0.3) is 0 Å². The van der Waals surface area contributed by atoms with Crippen LogP contribution in [-0.2, 0) is 0 Å². The van der Waals surface area contributed by atoms with Crippen LogP contribution in [0.2, 0.25) is 0 Å². The molecule has 3 nitrogen and oxygen atoms in total. The van der Waals surface area contributed by atoms with Crippen molar-refractivity contribution in [2.24, 2.45) is 17.0 Å². The standard InChI is InChI=1S/C22H26N2O/c1-14-8-3-5-10-16(14)20-18-12-7-13-19(22(18)24-25)21(23-20)17-11-6-4-9-15(17)2/h3-6,8-11,18-21,23,25H,7,12-13H2,1-2H3. The quantitative estimate of drug-likeness (QED) is 0.604. The Morgan fingerprint density at radius 3 is 1.76 bits per heavy atom. The number of rotatable bonds is 2. The van der Waals surface area contributed by atoms with E-state index in [0.29, 0.717) is 0 Å². The van der Waals surface area contributed by atoms with E-state index in [0.717, 1.165) is 18.6 Å². The molecule has 2 bridgehead atoms. The highest BCUT2D eigenvalue weighted by molar-refractivity contribution is 5.91. The fraction of sp³-hybridized carbons (Fsp3) is 0.409. The van der Waals surface area contributed by atoms with Crippen molar-refractivity contribution in [2.45, 2.75) is 45.2 Å². The van der Waals surface area contributed by atoms with E-state index in [1.54, 1.807) is 0 Å². The van der Waals surface area contributed by atoms with Crippen LogP contribution in [0.15, 0.2) is 53.7 Å². The summed E-state index contributed by atoms with van der Waals surface area (Å²) in [5, 5.41) is 17.6. The molecular formula is C22H26N2O. The second-order valence-electron chi connectivity index (χ2n) is 7.50. The third-order valence-electron chi connectivity index (χ3n) is 6.12. The van der Waals surface area contributed by atoms with Crippen molar-refractivity contribution in [3.8, 4) is 0 Å². The van der Waals surface area contributed by atoms with Crippen molar-refractivity contribution in [3.63, 3.8) is 0 Å². The molecule has 2 aromatic carbocycles. The summed E-state index contributed by atoms with van der Waals surface area (Å²) in [5.74, 6) is 0.565. The van der Waals surface area contributed by atoms with E-state index in [1.807, 2.05) is 0 Å². The van der Waals surface area contributed by atoms with Gasteiger partial charge in [-0.3, -0.25) is 0 Å². The maximum Gasteiger partial charge on any atom is 0.0670 e. The molecule has 25 heavy (non-hydrogen) atoms. The Bertz CT molecular complexity index is 737. The summed E-state index contributed by atoms with van der Waals surface area (Å²) < 4.78 is 0. The van der Waals surface area contributed by atoms with Gasteiger partial charge in [-0.05, 0) is 48.9 Å². The Morgan fingerprint density at radius 1 is 0.840 bits per heavy atom. The predicted octanol–water partition coefficient (Wildman–Crippen LogP) is 4.94. The Morgan fingerprint density at radius 2 is 1.32 bits per heavy atom. The van der Waals surface area contributed by atoms with Gasteiger partial charge in [0.1, 0.15) is 0 Å². The summed E-state index contributed by atoms with van der Waals surface area (Å²) in [6, 6.07) is 17.6. The molecule has 1 heterocycles. The smallest absolute Gasteiger partial charge is 0.0670 e. The summed E-state index contributed by atoms with van der Waals surface area (Å²) >= 11 is 0. The van der Waals surface area contributed by atoms with Crippen molar-refractivity contribution in [1.82, 2.24) is 5.32 Å². The van der Waals surface area contributed by atoms with Crippen LogP contribution in [0.5, 0.6) is 0 Å². The maximum absolute atomic E-state index is 9.83. The maximum atomic E-state index is 9.83. The summed E-state index contributed by atoms with van der Waals surface area (Å²) in [6.07, 6.45) is 3.37. The third-order valence-corrected chi connectivity index (χ3v) is 6.12. The highest BCUT2D eigenvalue weighted by Crippen LogP contribution is 2.47. The van der Waals surface area contributed by atoms with Crippen molar-refractivity contribution < 1.29 is 5.21 Å². The summed E-state index contributed by atoms with van der Waals surface area (Å²) in [7, 11) is 0. The predicted molar refractivity (Wildman–Crippen MR) is 101 cm³/mol. The van der Waals surface area contributed by atoms with Gasteiger partial charge < -0.3 is 10.5 Å². The average Bonchev–Trinajstić information content (AvgIpc) is 2.63. The molecule has 4 atom stereocenters. The second kappa shape index (κ2) is 6.64. The highest BCUT2D eigenvalue weighted by atomic mass is 16.4. The Labute approximate surface area is 149 Å². The monoisotopic (exact) mass is 334 g/mol. The SMILES string of the molecule is Cc1ccccc1C1NC(c2ccccc2C)C2CCCC1C2=NO. The zero-order valence-electron chi connectivity index (χ0n) is 14.9. The second-order valence-corrected chi connectivity index (χ2v) is 7.50. The third kappa shape index (κ3) is 2.77. The van der Waals surface area contributed by atoms with Crippen LogP contribution in [-0.4, -0.2) is 10.9 Å². The molecule has 2 N–H and O–H groups in total. The van der Waals surface area contributed by atoms with Crippen molar-refractivity contribution in [3.05, 3.63) is 70.8 Å². The van der Waals surface area contributed by atoms with Crippen molar-refractivity contribution in [1.29, 1.82) is 0 Å². The largest absolute Gasteiger partial charge is 0.411 e. The van der Waals surface area contributed by atoms with Gasteiger partial charge in [0.2, 0.25) is 0 Å². The van der Waals surface area contributed by atoms with Gasteiger partial charge in [0, 0.05) is 23.9 Å². The van der Waals surface area contributed by atoms with E-state index in [4.69, 9.17) is 0 Å². The summed E-state index contributed by atoms with van der Waals surface area (Å²) in [5.41, 5.74) is 6.24. The number of hydrogen-bond acceptors (Lipinski definition) is 3. The molecule has 2 fully saturated rings. The summed E-state index contributed by atoms with van der Waals surface area (Å²) in [4.78, 5) is 0. The van der Waals surface area contributed by atoms with Gasteiger partial charge in [0.15, 0.2) is 0 Å². The molecule has 0 aromatic heterocycles. The number of nitrogens with one attached hydrogen (secondary N) is 1.